The number of hydrogen-bond acceptors (Lipinski definition) is 4. The van der Waals surface area contributed by atoms with Gasteiger partial charge < -0.3 is 19.0 Å². The molecule has 0 spiro atoms. The van der Waals surface area contributed by atoms with Gasteiger partial charge in [0.15, 0.2) is 0 Å². The van der Waals surface area contributed by atoms with E-state index in [0.717, 1.165) is 23.9 Å². The van der Waals surface area contributed by atoms with E-state index >= 15 is 0 Å². The van der Waals surface area contributed by atoms with Crippen LogP contribution in [0.4, 0.5) is 0 Å². The van der Waals surface area contributed by atoms with Crippen LogP contribution in [-0.4, -0.2) is 57.2 Å². The molecule has 3 aromatic rings. The molecular weight excluding hydrogens is 372 g/mol. The summed E-state index contributed by atoms with van der Waals surface area (Å²) in [6.45, 7) is 3.45. The zero-order valence-electron chi connectivity index (χ0n) is 16.9. The van der Waals surface area contributed by atoms with Gasteiger partial charge in [0.05, 0.1) is 31.8 Å². The van der Waals surface area contributed by atoms with E-state index < -0.39 is 17.5 Å². The molecule has 3 rings (SSSR count). The number of methoxy groups -OCH3 is 1. The van der Waals surface area contributed by atoms with Crippen LogP contribution >= 0.6 is 0 Å². The van der Waals surface area contributed by atoms with Gasteiger partial charge in [-0.15, -0.1) is 4.31 Å². The fourth-order valence-electron chi connectivity index (χ4n) is 3.82. The zero-order chi connectivity index (χ0) is 20.1. The Bertz CT molecular complexity index is 843. The topological polar surface area (TPSA) is 60.7 Å². The zero-order valence-corrected chi connectivity index (χ0v) is 17.7. The molecule has 3 unspecified atom stereocenters. The van der Waals surface area contributed by atoms with Crippen molar-refractivity contribution in [2.24, 2.45) is 0 Å². The highest BCUT2D eigenvalue weighted by Gasteiger charge is 2.24. The fraction of sp³-hybridized carbons (Fsp3) is 0.455. The Hall–Kier alpha value is -1.57. The van der Waals surface area contributed by atoms with E-state index in [2.05, 4.69) is 35.8 Å². The van der Waals surface area contributed by atoms with Gasteiger partial charge in [0.2, 0.25) is 0 Å². The number of nitrogens with zero attached hydrogens (tertiary/aromatic N) is 2. The van der Waals surface area contributed by atoms with Crippen molar-refractivity contribution in [3.63, 3.8) is 0 Å². The average molecular weight is 403 g/mol. The van der Waals surface area contributed by atoms with Crippen molar-refractivity contribution in [2.45, 2.75) is 38.5 Å². The Morgan fingerprint density at radius 2 is 1.64 bits per heavy atom. The maximum atomic E-state index is 12.2. The highest BCUT2D eigenvalue weighted by atomic mass is 32.2. The van der Waals surface area contributed by atoms with Gasteiger partial charge in [-0.3, -0.25) is 0 Å². The highest BCUT2D eigenvalue weighted by Crippen LogP contribution is 2.29. The number of rotatable bonds is 10. The van der Waals surface area contributed by atoms with Crippen LogP contribution in [0.5, 0.6) is 0 Å². The standard InChI is InChI=1S/C22H30N2O3S/c1-4-9-18(27-2)16-23(28(3)26)14-17(25)15-24-21-12-7-5-10-19(21)20-11-6-8-13-22(20)24/h5-8,10-13,17-18,25H,4,9,14-16H2,1-3H3. The fourth-order valence-corrected chi connectivity index (χ4v) is 4.58. The molecule has 6 heteroatoms. The van der Waals surface area contributed by atoms with E-state index in [1.54, 1.807) is 13.4 Å². The second kappa shape index (κ2) is 9.76. The smallest absolute Gasteiger partial charge is 0.115 e. The van der Waals surface area contributed by atoms with Crippen LogP contribution in [0.25, 0.3) is 21.8 Å². The van der Waals surface area contributed by atoms with Crippen molar-refractivity contribution in [3.8, 4) is 0 Å². The molecule has 0 aliphatic heterocycles. The minimum absolute atomic E-state index is 0.0225. The number of aliphatic hydroxyl groups is 1. The first-order valence-corrected chi connectivity index (χ1v) is 11.3. The van der Waals surface area contributed by atoms with Crippen molar-refractivity contribution < 1.29 is 14.4 Å². The third kappa shape index (κ3) is 4.70. The Labute approximate surface area is 170 Å². The molecule has 1 N–H and O–H groups in total. The summed E-state index contributed by atoms with van der Waals surface area (Å²) < 4.78 is 21.7. The molecule has 152 valence electrons. The summed E-state index contributed by atoms with van der Waals surface area (Å²) in [5.41, 5.74) is 2.21. The third-order valence-electron chi connectivity index (χ3n) is 5.20. The predicted molar refractivity (Wildman–Crippen MR) is 117 cm³/mol. The summed E-state index contributed by atoms with van der Waals surface area (Å²) in [6, 6.07) is 16.5. The van der Waals surface area contributed by atoms with E-state index in [9.17, 15) is 9.66 Å². The Balaban J connectivity index is 1.80. The molecule has 0 aliphatic carbocycles. The second-order valence-corrected chi connectivity index (χ2v) is 8.58. The summed E-state index contributed by atoms with van der Waals surface area (Å²) >= 11 is -1.17. The quantitative estimate of drug-likeness (QED) is 0.527. The number of aromatic nitrogens is 1. The van der Waals surface area contributed by atoms with Crippen LogP contribution in [0.2, 0.25) is 0 Å². The summed E-state index contributed by atoms with van der Waals surface area (Å²) in [5, 5.41) is 13.2. The van der Waals surface area contributed by atoms with Gasteiger partial charge in [0.25, 0.3) is 0 Å². The molecule has 1 heterocycles. The van der Waals surface area contributed by atoms with Crippen LogP contribution in [-0.2, 0) is 22.6 Å². The first kappa shape index (κ1) is 21.1. The lowest BCUT2D eigenvalue weighted by atomic mass is 10.2. The summed E-state index contributed by atoms with van der Waals surface area (Å²) in [4.78, 5) is 0. The van der Waals surface area contributed by atoms with Crippen molar-refractivity contribution in [1.29, 1.82) is 0 Å². The summed E-state index contributed by atoms with van der Waals surface area (Å²) in [6.07, 6.45) is 2.96. The largest absolute Gasteiger partial charge is 0.598 e. The lowest BCUT2D eigenvalue weighted by molar-refractivity contribution is 0.0623. The molecule has 0 radical (unpaired) electrons. The third-order valence-corrected chi connectivity index (χ3v) is 6.23. The molecule has 1 aromatic heterocycles. The van der Waals surface area contributed by atoms with Crippen molar-refractivity contribution >= 4 is 33.2 Å². The SMILES string of the molecule is CCCC(CN(CC(O)Cn1c2ccccc2c2ccccc21)[S+](C)[O-])OC. The van der Waals surface area contributed by atoms with Crippen molar-refractivity contribution in [1.82, 2.24) is 8.87 Å². The van der Waals surface area contributed by atoms with Gasteiger partial charge in [0, 0.05) is 40.3 Å². The van der Waals surface area contributed by atoms with E-state index in [4.69, 9.17) is 4.74 Å². The Morgan fingerprint density at radius 1 is 1.07 bits per heavy atom. The first-order valence-electron chi connectivity index (χ1n) is 9.80. The molecule has 0 aliphatic rings. The van der Waals surface area contributed by atoms with Crippen LogP contribution in [0.15, 0.2) is 48.5 Å². The molecule has 0 amide bonds. The molecule has 0 fully saturated rings. The number of ether oxygens (including phenoxy) is 1. The van der Waals surface area contributed by atoms with Gasteiger partial charge in [-0.2, -0.15) is 0 Å². The van der Waals surface area contributed by atoms with Gasteiger partial charge in [-0.25, -0.2) is 0 Å². The van der Waals surface area contributed by atoms with Crippen LogP contribution in [0.3, 0.4) is 0 Å². The number of fused-ring (bicyclic) bond motifs is 3. The molecule has 2 aromatic carbocycles. The maximum absolute atomic E-state index is 12.2. The molecule has 0 bridgehead atoms. The predicted octanol–water partition coefficient (Wildman–Crippen LogP) is 3.57. The number of benzene rings is 2. The monoisotopic (exact) mass is 402 g/mol. The Morgan fingerprint density at radius 3 is 2.14 bits per heavy atom. The van der Waals surface area contributed by atoms with Gasteiger partial charge in [0.1, 0.15) is 6.26 Å². The van der Waals surface area contributed by atoms with Crippen LogP contribution in [0.1, 0.15) is 19.8 Å². The van der Waals surface area contributed by atoms with Gasteiger partial charge in [-0.1, -0.05) is 49.7 Å². The molecular formula is C22H30N2O3S. The average Bonchev–Trinajstić information content (AvgIpc) is 3.01. The number of para-hydroxylation sites is 2. The summed E-state index contributed by atoms with van der Waals surface area (Å²) in [5.74, 6) is 0. The molecule has 28 heavy (non-hydrogen) atoms. The Kier molecular flexibility index (Phi) is 7.37. The first-order chi connectivity index (χ1) is 13.5. The maximum Gasteiger partial charge on any atom is 0.115 e. The number of aliphatic hydroxyl groups excluding tert-OH is 1. The molecule has 5 nitrogen and oxygen atoms in total. The lowest BCUT2D eigenvalue weighted by Gasteiger charge is -2.27. The van der Waals surface area contributed by atoms with E-state index in [0.29, 0.717) is 19.6 Å². The van der Waals surface area contributed by atoms with Gasteiger partial charge in [-0.05, 0) is 18.6 Å². The van der Waals surface area contributed by atoms with Crippen LogP contribution < -0.4 is 0 Å². The molecule has 0 saturated carbocycles. The molecule has 3 atom stereocenters. The minimum atomic E-state index is -1.17. The normalized spacial score (nSPS) is 15.4. The highest BCUT2D eigenvalue weighted by molar-refractivity contribution is 7.88. The second-order valence-electron chi connectivity index (χ2n) is 7.22. The van der Waals surface area contributed by atoms with Crippen molar-refractivity contribution in [3.05, 3.63) is 48.5 Å². The minimum Gasteiger partial charge on any atom is -0.598 e. The summed E-state index contributed by atoms with van der Waals surface area (Å²) in [7, 11) is 1.69. The van der Waals surface area contributed by atoms with E-state index in [-0.39, 0.29) is 6.10 Å². The molecule has 0 saturated heterocycles. The van der Waals surface area contributed by atoms with Gasteiger partial charge >= 0.3 is 0 Å². The van der Waals surface area contributed by atoms with E-state index in [1.165, 1.54) is 10.8 Å². The number of hydrogen-bond donors (Lipinski definition) is 1. The van der Waals surface area contributed by atoms with Crippen LogP contribution in [0, 0.1) is 0 Å². The van der Waals surface area contributed by atoms with Crippen molar-refractivity contribution in [2.75, 3.05) is 26.5 Å². The van der Waals surface area contributed by atoms with E-state index in [1.807, 2.05) is 28.6 Å². The lowest BCUT2D eigenvalue weighted by Crippen LogP contribution is -2.43.